The van der Waals surface area contributed by atoms with Crippen molar-refractivity contribution in [1.82, 2.24) is 4.90 Å². The van der Waals surface area contributed by atoms with Crippen LogP contribution in [0.5, 0.6) is 0 Å². The number of piperidine rings is 1. The molecule has 2 aliphatic rings. The van der Waals surface area contributed by atoms with Crippen molar-refractivity contribution in [3.63, 3.8) is 0 Å². The van der Waals surface area contributed by atoms with Crippen LogP contribution in [0.4, 0.5) is 4.79 Å². The van der Waals surface area contributed by atoms with Gasteiger partial charge in [-0.05, 0) is 40.0 Å². The first-order valence-electron chi connectivity index (χ1n) is 7.06. The zero-order valence-corrected chi connectivity index (χ0v) is 12.1. The fourth-order valence-electron chi connectivity index (χ4n) is 2.83. The molecule has 2 saturated heterocycles. The van der Waals surface area contributed by atoms with Crippen molar-refractivity contribution in [1.29, 1.82) is 0 Å². The van der Waals surface area contributed by atoms with Gasteiger partial charge < -0.3 is 19.5 Å². The molecule has 110 valence electrons. The van der Waals surface area contributed by atoms with Crippen LogP contribution in [0.1, 0.15) is 40.0 Å². The van der Waals surface area contributed by atoms with E-state index in [0.717, 1.165) is 19.3 Å². The Hall–Kier alpha value is -0.810. The number of aliphatic hydroxyl groups excluding tert-OH is 1. The van der Waals surface area contributed by atoms with Crippen LogP contribution in [-0.4, -0.2) is 53.6 Å². The Bertz CT molecular complexity index is 329. The summed E-state index contributed by atoms with van der Waals surface area (Å²) in [5.74, 6) is 0.257. The van der Waals surface area contributed by atoms with Gasteiger partial charge in [-0.2, -0.15) is 0 Å². The fraction of sp³-hybridized carbons (Fsp3) is 0.929. The number of nitrogens with zero attached hydrogens (tertiary/aromatic N) is 1. The molecule has 2 fully saturated rings. The van der Waals surface area contributed by atoms with Crippen LogP contribution in [0.3, 0.4) is 0 Å². The molecule has 0 radical (unpaired) electrons. The Labute approximate surface area is 114 Å². The van der Waals surface area contributed by atoms with Crippen molar-refractivity contribution in [3.05, 3.63) is 0 Å². The maximum absolute atomic E-state index is 12.0. The van der Waals surface area contributed by atoms with Crippen molar-refractivity contribution in [2.75, 3.05) is 26.3 Å². The van der Waals surface area contributed by atoms with Crippen LogP contribution < -0.4 is 0 Å². The van der Waals surface area contributed by atoms with Gasteiger partial charge in [0.2, 0.25) is 0 Å². The van der Waals surface area contributed by atoms with Crippen molar-refractivity contribution in [2.45, 2.75) is 51.2 Å². The summed E-state index contributed by atoms with van der Waals surface area (Å²) in [6.45, 7) is 7.81. The van der Waals surface area contributed by atoms with Gasteiger partial charge >= 0.3 is 6.09 Å². The molecule has 1 amide bonds. The Balaban J connectivity index is 1.84. The average molecular weight is 271 g/mol. The highest BCUT2D eigenvalue weighted by atomic mass is 16.6. The molecular weight excluding hydrogens is 246 g/mol. The zero-order chi connectivity index (χ0) is 14.1. The molecule has 0 bridgehead atoms. The lowest BCUT2D eigenvalue weighted by Gasteiger charge is -2.39. The monoisotopic (exact) mass is 271 g/mol. The Kier molecular flexibility index (Phi) is 4.06. The van der Waals surface area contributed by atoms with Gasteiger partial charge in [-0.25, -0.2) is 4.79 Å². The van der Waals surface area contributed by atoms with Gasteiger partial charge in [0.1, 0.15) is 5.60 Å². The quantitative estimate of drug-likeness (QED) is 0.790. The summed E-state index contributed by atoms with van der Waals surface area (Å²) >= 11 is 0. The Morgan fingerprint density at radius 2 is 2.05 bits per heavy atom. The van der Waals surface area contributed by atoms with Gasteiger partial charge in [-0.15, -0.1) is 0 Å². The minimum Gasteiger partial charge on any atom is -0.444 e. The van der Waals surface area contributed by atoms with E-state index in [0.29, 0.717) is 19.7 Å². The molecule has 0 aromatic heterocycles. The van der Waals surface area contributed by atoms with Gasteiger partial charge in [-0.3, -0.25) is 0 Å². The summed E-state index contributed by atoms with van der Waals surface area (Å²) in [4.78, 5) is 13.7. The van der Waals surface area contributed by atoms with E-state index in [1.165, 1.54) is 0 Å². The highest BCUT2D eigenvalue weighted by Crippen LogP contribution is 2.38. The lowest BCUT2D eigenvalue weighted by molar-refractivity contribution is -0.0487. The molecule has 0 aliphatic carbocycles. The molecule has 2 aliphatic heterocycles. The number of aliphatic hydroxyl groups is 1. The predicted molar refractivity (Wildman–Crippen MR) is 70.9 cm³/mol. The first-order valence-corrected chi connectivity index (χ1v) is 7.06. The third-order valence-corrected chi connectivity index (χ3v) is 3.87. The van der Waals surface area contributed by atoms with Gasteiger partial charge in [0.25, 0.3) is 0 Å². The molecule has 19 heavy (non-hydrogen) atoms. The van der Waals surface area contributed by atoms with Crippen molar-refractivity contribution in [3.8, 4) is 0 Å². The number of ether oxygens (including phenoxy) is 2. The van der Waals surface area contributed by atoms with Gasteiger partial charge in [0.05, 0.1) is 12.2 Å². The molecule has 5 nitrogen and oxygen atoms in total. The highest BCUT2D eigenvalue weighted by molar-refractivity contribution is 5.68. The molecule has 1 atom stereocenters. The first kappa shape index (κ1) is 14.6. The maximum atomic E-state index is 12.0. The summed E-state index contributed by atoms with van der Waals surface area (Å²) in [5.41, 5.74) is -0.566. The molecular formula is C14H25NO4. The molecule has 2 rings (SSSR count). The lowest BCUT2D eigenvalue weighted by Crippen LogP contribution is -2.47. The molecule has 0 aromatic rings. The van der Waals surface area contributed by atoms with Crippen LogP contribution in [0.25, 0.3) is 0 Å². The standard InChI is InChI=1S/C14H25NO4/c1-13(2,3)19-12(17)15-6-4-14(5-7-15)8-11(9-16)10-18-14/h11,16H,4-10H2,1-3H3/t11-/m1/s1. The van der Waals surface area contributed by atoms with E-state index in [-0.39, 0.29) is 24.2 Å². The fourth-order valence-corrected chi connectivity index (χ4v) is 2.83. The summed E-state index contributed by atoms with van der Waals surface area (Å²) < 4.78 is 11.3. The number of rotatable bonds is 1. The van der Waals surface area contributed by atoms with Crippen LogP contribution in [0.15, 0.2) is 0 Å². The summed E-state index contributed by atoms with van der Waals surface area (Å²) in [6.07, 6.45) is 2.34. The van der Waals surface area contributed by atoms with E-state index in [2.05, 4.69) is 0 Å². The number of amides is 1. The SMILES string of the molecule is CC(C)(C)OC(=O)N1CCC2(CC1)C[C@H](CO)CO2. The second-order valence-corrected chi connectivity index (χ2v) is 6.71. The number of hydrogen-bond acceptors (Lipinski definition) is 4. The largest absolute Gasteiger partial charge is 0.444 e. The van der Waals surface area contributed by atoms with Gasteiger partial charge in [0, 0.05) is 25.6 Å². The minimum atomic E-state index is -0.446. The summed E-state index contributed by atoms with van der Waals surface area (Å²) in [5, 5.41) is 9.18. The Morgan fingerprint density at radius 1 is 1.42 bits per heavy atom. The smallest absolute Gasteiger partial charge is 0.410 e. The maximum Gasteiger partial charge on any atom is 0.410 e. The number of likely N-dealkylation sites (tertiary alicyclic amines) is 1. The van der Waals surface area contributed by atoms with Crippen molar-refractivity contribution in [2.24, 2.45) is 5.92 Å². The molecule has 1 N–H and O–H groups in total. The molecule has 0 aromatic carbocycles. The third kappa shape index (κ3) is 3.60. The number of carbonyl (C=O) groups is 1. The van der Waals surface area contributed by atoms with Crippen LogP contribution in [-0.2, 0) is 9.47 Å². The zero-order valence-electron chi connectivity index (χ0n) is 12.1. The average Bonchev–Trinajstić information content (AvgIpc) is 2.71. The van der Waals surface area contributed by atoms with Crippen LogP contribution in [0.2, 0.25) is 0 Å². The highest BCUT2D eigenvalue weighted by Gasteiger charge is 2.43. The lowest BCUT2D eigenvalue weighted by atomic mass is 9.86. The second kappa shape index (κ2) is 5.29. The van der Waals surface area contributed by atoms with E-state index >= 15 is 0 Å². The van der Waals surface area contributed by atoms with Crippen LogP contribution >= 0.6 is 0 Å². The number of carbonyl (C=O) groups excluding carboxylic acids is 1. The van der Waals surface area contributed by atoms with E-state index in [9.17, 15) is 9.90 Å². The molecule has 0 saturated carbocycles. The second-order valence-electron chi connectivity index (χ2n) is 6.71. The number of hydrogen-bond donors (Lipinski definition) is 1. The van der Waals surface area contributed by atoms with Gasteiger partial charge in [0.15, 0.2) is 0 Å². The van der Waals surface area contributed by atoms with Crippen molar-refractivity contribution < 1.29 is 19.4 Å². The molecule has 2 heterocycles. The third-order valence-electron chi connectivity index (χ3n) is 3.87. The van der Waals surface area contributed by atoms with E-state index in [4.69, 9.17) is 9.47 Å². The van der Waals surface area contributed by atoms with E-state index in [1.54, 1.807) is 4.90 Å². The summed E-state index contributed by atoms with van der Waals surface area (Å²) in [6, 6.07) is 0. The minimum absolute atomic E-state index is 0.119. The molecule has 1 spiro atoms. The topological polar surface area (TPSA) is 59.0 Å². The van der Waals surface area contributed by atoms with Crippen molar-refractivity contribution >= 4 is 6.09 Å². The van der Waals surface area contributed by atoms with Gasteiger partial charge in [-0.1, -0.05) is 0 Å². The van der Waals surface area contributed by atoms with E-state index < -0.39 is 5.60 Å². The molecule has 5 heteroatoms. The summed E-state index contributed by atoms with van der Waals surface area (Å²) in [7, 11) is 0. The Morgan fingerprint density at radius 3 is 2.53 bits per heavy atom. The normalized spacial score (nSPS) is 26.7. The predicted octanol–water partition coefficient (Wildman–Crippen LogP) is 1.78. The van der Waals surface area contributed by atoms with Crippen LogP contribution in [0, 0.1) is 5.92 Å². The van der Waals surface area contributed by atoms with E-state index in [1.807, 2.05) is 20.8 Å². The first-order chi connectivity index (χ1) is 8.84. The molecule has 0 unspecified atom stereocenters.